The first kappa shape index (κ1) is 129. The predicted molar refractivity (Wildman–Crippen MR) is 554 cm³/mol. The summed E-state index contributed by atoms with van der Waals surface area (Å²) in [5.41, 5.74) is 9.82. The van der Waals surface area contributed by atoms with Crippen LogP contribution < -0.4 is 51.0 Å². The van der Waals surface area contributed by atoms with Crippen LogP contribution in [0.15, 0.2) is 158 Å². The van der Waals surface area contributed by atoms with E-state index in [1.54, 1.807) is 136 Å². The van der Waals surface area contributed by atoms with Crippen molar-refractivity contribution in [2.75, 3.05) is 87.6 Å². The molecule has 0 bridgehead atoms. The number of carbonyl (C=O) groups is 6. The summed E-state index contributed by atoms with van der Waals surface area (Å²) in [6.45, 7) is 43.4. The van der Waals surface area contributed by atoms with E-state index in [2.05, 4.69) is 70.8 Å². The summed E-state index contributed by atoms with van der Waals surface area (Å²) in [5, 5.41) is 85.5. The van der Waals surface area contributed by atoms with Crippen molar-refractivity contribution in [1.29, 1.82) is 0 Å². The van der Waals surface area contributed by atoms with Crippen molar-refractivity contribution in [2.45, 2.75) is 232 Å². The van der Waals surface area contributed by atoms with Crippen LogP contribution in [0.1, 0.15) is 196 Å². The SMILES string of the molecule is CC(C)(C)OC(=O)Nc1cc([N+](=O)[O-])ccc1O.CC(C)(C)OC(=O)OC(=O)OC(C)(C)C.CCCBr.CCCOc1ccc(N)cc1N(C)C(=O)OC(C)(C)C.CCCOc1ccc([N+](=O)[O-])cc1N(C)C(=O)OC(C)(C)C.CCCOc1ccc([N+](=O)[O-])cc1NC(=O)OC(C)(C)C.CCO.CI.Nc1cc([N+](=O)[O-])ccc1O.O=[N+]([O-])c1c(Cl)ncnc1N(Cc1ccccc1)Cc1ccccc1. The molecule has 0 spiro atoms. The van der Waals surface area contributed by atoms with Gasteiger partial charge in [-0.1, -0.05) is 138 Å². The lowest BCUT2D eigenvalue weighted by atomic mass is 10.1. The number of halogens is 3. The minimum absolute atomic E-state index is 0.0131. The molecule has 141 heavy (non-hydrogen) atoms. The topological polar surface area (TPSA) is 583 Å². The molecular formula is C95H135BrClIN14O29. The number of carbonyl (C=O) groups excluding carboxylic acids is 6. The van der Waals surface area contributed by atoms with Crippen LogP contribution in [-0.2, 0) is 46.2 Å². The smallest absolute Gasteiger partial charge is 0.506 e. The van der Waals surface area contributed by atoms with Gasteiger partial charge in [-0.15, -0.1) is 0 Å². The zero-order valence-electron chi connectivity index (χ0n) is 84.5. The molecule has 0 fully saturated rings. The van der Waals surface area contributed by atoms with E-state index in [1.165, 1.54) is 78.1 Å². The highest BCUT2D eigenvalue weighted by molar-refractivity contribution is 14.1. The van der Waals surface area contributed by atoms with Crippen molar-refractivity contribution in [1.82, 2.24) is 9.97 Å². The van der Waals surface area contributed by atoms with Gasteiger partial charge < -0.3 is 79.1 Å². The number of alkyl halides is 2. The number of amides is 4. The molecule has 0 aliphatic carbocycles. The van der Waals surface area contributed by atoms with Gasteiger partial charge in [-0.3, -0.25) is 71.0 Å². The molecule has 43 nitrogen and oxygen atoms in total. The Bertz CT molecular complexity index is 5180. The normalized spacial score (nSPS) is 10.5. The molecule has 46 heteroatoms. The van der Waals surface area contributed by atoms with Crippen LogP contribution in [0.2, 0.25) is 5.15 Å². The van der Waals surface area contributed by atoms with Gasteiger partial charge in [0.1, 0.15) is 68.7 Å². The number of rotatable bonds is 24. The summed E-state index contributed by atoms with van der Waals surface area (Å²) in [7, 11) is 3.13. The van der Waals surface area contributed by atoms with Crippen LogP contribution >= 0.6 is 50.1 Å². The van der Waals surface area contributed by atoms with Gasteiger partial charge >= 0.3 is 42.4 Å². The molecule has 780 valence electrons. The van der Waals surface area contributed by atoms with Crippen LogP contribution in [0.3, 0.4) is 0 Å². The number of aliphatic hydroxyl groups excluding tert-OH is 1. The molecule has 0 unspecified atom stereocenters. The molecule has 1 heterocycles. The van der Waals surface area contributed by atoms with Crippen molar-refractivity contribution < 1.29 is 116 Å². The van der Waals surface area contributed by atoms with E-state index in [0.29, 0.717) is 67.2 Å². The van der Waals surface area contributed by atoms with Crippen molar-refractivity contribution in [3.8, 4) is 28.7 Å². The van der Waals surface area contributed by atoms with E-state index in [4.69, 9.17) is 75.9 Å². The van der Waals surface area contributed by atoms with Crippen molar-refractivity contribution >= 4 is 155 Å². The molecule has 7 aromatic carbocycles. The number of phenolic OH excluding ortho intramolecular Hbond substituents is 2. The Morgan fingerprint density at radius 1 is 0.440 bits per heavy atom. The molecule has 8 rings (SSSR count). The molecule has 0 aliphatic rings. The first-order chi connectivity index (χ1) is 65.4. The molecule has 8 aromatic rings. The number of aromatic hydroxyl groups is 2. The molecule has 0 saturated carbocycles. The highest BCUT2D eigenvalue weighted by Crippen LogP contribution is 2.38. The van der Waals surface area contributed by atoms with Gasteiger partial charge in [0.05, 0.1) is 72.9 Å². The Morgan fingerprint density at radius 3 is 1.12 bits per heavy atom. The summed E-state index contributed by atoms with van der Waals surface area (Å²) in [6.07, 6.45) is 0.290. The first-order valence-electron chi connectivity index (χ1n) is 43.5. The lowest BCUT2D eigenvalue weighted by Gasteiger charge is -2.26. The lowest BCUT2D eigenvalue weighted by Crippen LogP contribution is -2.34. The number of anilines is 7. The Kier molecular flexibility index (Phi) is 59.2. The number of ether oxygens (including phenoxy) is 10. The average Bonchev–Trinajstić information content (AvgIpc) is 0.811. The summed E-state index contributed by atoms with van der Waals surface area (Å²) < 4.78 is 51.2. The lowest BCUT2D eigenvalue weighted by molar-refractivity contribution is -0.385. The van der Waals surface area contributed by atoms with E-state index in [-0.39, 0.29) is 74.6 Å². The second-order valence-corrected chi connectivity index (χ2v) is 36.0. The standard InChI is InChI=1S/C18H15ClN4O2.C15H22N2O5.C15H24N2O3.C14H20N2O5.C11H14N2O5.C10H18O5.C6H6N2O3.C3H7Br.C2H6O.CH3I/c19-17-16(23(24)25)18(21-13-20-17)22(11-14-7-3-1-4-8-14)12-15-9-5-2-6-10-15;1-6-9-21-13-8-7-11(17(19)20)10-12(13)16(5)14(18)22-15(2,3)4;1-6-9-19-13-8-7-11(16)10-12(13)17(5)14(18)20-15(2,3)4;1-5-8-20-12-7-6-10(16(18)19)9-11(12)15-13(17)21-14(2,3)4;1-11(2,3)18-10(15)12-8-6-7(13(16)17)4-5-9(8)14;1-9(2,3)14-7(11)13-8(12)15-10(4,5)6;7-5-3-4(8(10)11)1-2-6(5)9;1-2-3-4;1-2-3;1-2/h1-10,13H,11-12H2;7-8,10H,6,9H2,1-5H3;7-8,10H,6,9,16H2,1-5H3;6-7,9H,5,8H2,1-4H3,(H,15,17);4-6,14H,1-3H3,(H,12,15);1-6H3;1-3,9H,7H2;2-3H2,1H3;3H,2H2,1H3;1H3. The third-order valence-electron chi connectivity index (χ3n) is 15.2. The summed E-state index contributed by atoms with van der Waals surface area (Å²) in [5.74, 6) is 1.18. The average molecular weight is 2180 g/mol. The third kappa shape index (κ3) is 57.5. The van der Waals surface area contributed by atoms with Crippen LogP contribution in [-0.4, -0.2) is 171 Å². The summed E-state index contributed by atoms with van der Waals surface area (Å²) in [4.78, 5) is 135. The van der Waals surface area contributed by atoms with Gasteiger partial charge in [-0.05, 0) is 216 Å². The van der Waals surface area contributed by atoms with E-state index < -0.39 is 94.9 Å². The van der Waals surface area contributed by atoms with E-state index in [1.807, 2.05) is 112 Å². The molecule has 1 aromatic heterocycles. The number of nitrogen functional groups attached to an aromatic ring is 2. The fourth-order valence-electron chi connectivity index (χ4n) is 9.65. The maximum Gasteiger partial charge on any atom is 0.519 e. The van der Waals surface area contributed by atoms with Gasteiger partial charge in [0, 0.05) is 93.3 Å². The molecule has 0 saturated heterocycles. The number of benzene rings is 7. The van der Waals surface area contributed by atoms with Crippen molar-refractivity contribution in [3.63, 3.8) is 0 Å². The monoisotopic (exact) mass is 2180 g/mol. The number of nitrogens with two attached hydrogens (primary N) is 2. The van der Waals surface area contributed by atoms with Gasteiger partial charge in [-0.25, -0.2) is 38.7 Å². The highest BCUT2D eigenvalue weighted by Gasteiger charge is 2.31. The van der Waals surface area contributed by atoms with E-state index >= 15 is 0 Å². The number of phenols is 2. The summed E-state index contributed by atoms with van der Waals surface area (Å²) >= 11 is 11.4. The molecular weight excluding hydrogens is 2040 g/mol. The van der Waals surface area contributed by atoms with Crippen LogP contribution in [0.25, 0.3) is 0 Å². The first-order valence-corrected chi connectivity index (χ1v) is 47.2. The minimum Gasteiger partial charge on any atom is -0.506 e. The molecule has 0 aliphatic heterocycles. The third-order valence-corrected chi connectivity index (χ3v) is 16.3. The number of nitro benzene ring substituents is 4. The largest absolute Gasteiger partial charge is 0.519 e. The number of nitro groups is 5. The molecule has 0 radical (unpaired) electrons. The van der Waals surface area contributed by atoms with Crippen molar-refractivity contribution in [2.24, 2.45) is 0 Å². The second kappa shape index (κ2) is 64.5. The fourth-order valence-corrected chi connectivity index (χ4v) is 9.85. The number of nitrogens with one attached hydrogen (secondary N) is 2. The molecule has 0 atom stereocenters. The van der Waals surface area contributed by atoms with Gasteiger partial charge in [0.15, 0.2) is 0 Å². The van der Waals surface area contributed by atoms with Gasteiger partial charge in [-0.2, -0.15) is 0 Å². The Hall–Kier alpha value is -13.7. The number of nitrogens with zero attached hydrogens (tertiary/aromatic N) is 10. The van der Waals surface area contributed by atoms with Crippen LogP contribution in [0.5, 0.6) is 28.7 Å². The van der Waals surface area contributed by atoms with E-state index in [9.17, 15) is 84.4 Å². The maximum atomic E-state index is 12.1. The maximum absolute atomic E-state index is 12.1. The number of aliphatic hydroxyl groups is 1. The van der Waals surface area contributed by atoms with Gasteiger partial charge in [0.25, 0.3) is 22.7 Å². The number of hydrogen-bond acceptors (Lipinski definition) is 34. The quantitative estimate of drug-likeness (QED) is 0.00282. The van der Waals surface area contributed by atoms with Crippen LogP contribution in [0, 0.1) is 50.6 Å². The van der Waals surface area contributed by atoms with Crippen LogP contribution in [0.4, 0.5) is 97.1 Å². The number of aromatic nitrogens is 2. The minimum atomic E-state index is -1.06. The van der Waals surface area contributed by atoms with Gasteiger partial charge in [0.2, 0.25) is 11.0 Å². The zero-order valence-corrected chi connectivity index (χ0v) is 89.0. The number of hydrogen-bond donors (Lipinski definition) is 7. The molecule has 9 N–H and O–H groups in total. The van der Waals surface area contributed by atoms with E-state index in [0.717, 1.165) is 60.0 Å². The Labute approximate surface area is 848 Å². The summed E-state index contributed by atoms with van der Waals surface area (Å²) in [6, 6.07) is 39.6. The Morgan fingerprint density at radius 2 is 0.766 bits per heavy atom. The zero-order chi connectivity index (χ0) is 109. The predicted octanol–water partition coefficient (Wildman–Crippen LogP) is 24.4. The van der Waals surface area contributed by atoms with Crippen molar-refractivity contribution in [3.05, 3.63) is 225 Å². The second-order valence-electron chi connectivity index (χ2n) is 34.9. The fraction of sp³-hybridized carbons (Fsp3) is 0.453. The molecule has 4 amide bonds. The number of non-ortho nitro benzene ring substituents is 4. The Balaban J connectivity index is 0. The highest BCUT2D eigenvalue weighted by atomic mass is 127.